The number of benzene rings is 3. The third kappa shape index (κ3) is 4.81. The molecule has 26 heavy (non-hydrogen) atoms. The molecule has 3 aromatic carbocycles. The van der Waals surface area contributed by atoms with Crippen molar-refractivity contribution < 1.29 is 0 Å². The molecule has 0 aliphatic heterocycles. The smallest absolute Gasteiger partial charge is 0.0873 e. The molecular weight excluding hydrogens is 435 g/mol. The highest BCUT2D eigenvalue weighted by atomic mass is 35.5. The van der Waals surface area contributed by atoms with Crippen LogP contribution in [0.4, 0.5) is 22.7 Å². The minimum atomic E-state index is 0.419. The van der Waals surface area contributed by atoms with E-state index in [1.54, 1.807) is 48.5 Å². The van der Waals surface area contributed by atoms with Gasteiger partial charge in [0, 0.05) is 5.69 Å². The van der Waals surface area contributed by atoms with Gasteiger partial charge in [0.05, 0.1) is 42.2 Å². The lowest BCUT2D eigenvalue weighted by atomic mass is 10.2. The van der Waals surface area contributed by atoms with Gasteiger partial charge in [0.25, 0.3) is 0 Å². The Morgan fingerprint density at radius 1 is 0.538 bits per heavy atom. The minimum absolute atomic E-state index is 0.419. The van der Waals surface area contributed by atoms with Gasteiger partial charge in [-0.2, -0.15) is 10.2 Å². The van der Waals surface area contributed by atoms with Gasteiger partial charge in [-0.15, -0.1) is 0 Å². The topological polar surface area (TPSA) is 36.8 Å². The van der Waals surface area contributed by atoms with Crippen LogP contribution in [-0.4, -0.2) is 0 Å². The Hall–Kier alpha value is -1.49. The fourth-order valence-corrected chi connectivity index (χ4v) is 2.87. The zero-order valence-corrected chi connectivity index (χ0v) is 16.8. The number of azo groups is 1. The Morgan fingerprint density at radius 2 is 1.08 bits per heavy atom. The molecule has 0 aliphatic carbocycles. The summed E-state index contributed by atoms with van der Waals surface area (Å²) < 4.78 is 0. The molecule has 0 amide bonds. The van der Waals surface area contributed by atoms with Crippen LogP contribution in [0.15, 0.2) is 64.8 Å². The summed E-state index contributed by atoms with van der Waals surface area (Å²) in [6.45, 7) is 0. The van der Waals surface area contributed by atoms with Crippen molar-refractivity contribution in [1.29, 1.82) is 0 Å². The molecule has 0 saturated carbocycles. The predicted octanol–water partition coefficient (Wildman–Crippen LogP) is 9.11. The van der Waals surface area contributed by atoms with Gasteiger partial charge >= 0.3 is 0 Å². The molecule has 0 unspecified atom stereocenters. The van der Waals surface area contributed by atoms with Crippen molar-refractivity contribution in [3.05, 3.63) is 79.7 Å². The van der Waals surface area contributed by atoms with Crippen LogP contribution >= 0.6 is 58.0 Å². The van der Waals surface area contributed by atoms with Gasteiger partial charge < -0.3 is 5.32 Å². The first kappa shape index (κ1) is 19.3. The van der Waals surface area contributed by atoms with E-state index in [9.17, 15) is 0 Å². The second-order valence-corrected chi connectivity index (χ2v) is 7.25. The Labute approximate surface area is 175 Å². The molecule has 0 fully saturated rings. The molecule has 0 aromatic heterocycles. The van der Waals surface area contributed by atoms with E-state index >= 15 is 0 Å². The molecule has 0 spiro atoms. The van der Waals surface area contributed by atoms with Crippen LogP contribution in [0.2, 0.25) is 25.1 Å². The van der Waals surface area contributed by atoms with Crippen LogP contribution in [0.3, 0.4) is 0 Å². The van der Waals surface area contributed by atoms with Crippen molar-refractivity contribution in [3.63, 3.8) is 0 Å². The van der Waals surface area contributed by atoms with E-state index in [4.69, 9.17) is 58.0 Å². The lowest BCUT2D eigenvalue weighted by Gasteiger charge is -2.09. The summed E-state index contributed by atoms with van der Waals surface area (Å²) in [5.74, 6) is 0. The number of hydrogen-bond donors (Lipinski definition) is 1. The van der Waals surface area contributed by atoms with E-state index in [-0.39, 0.29) is 0 Å². The summed E-state index contributed by atoms with van der Waals surface area (Å²) in [4.78, 5) is 0. The molecule has 132 valence electrons. The first-order valence-corrected chi connectivity index (χ1v) is 9.20. The molecule has 1 N–H and O–H groups in total. The summed E-state index contributed by atoms with van der Waals surface area (Å²) in [5, 5.41) is 13.8. The molecule has 3 rings (SSSR count). The number of nitrogens with one attached hydrogen (secondary N) is 1. The van der Waals surface area contributed by atoms with Crippen LogP contribution < -0.4 is 5.32 Å². The molecule has 8 heteroatoms. The lowest BCUT2D eigenvalue weighted by Crippen LogP contribution is -1.91. The monoisotopic (exact) mass is 443 g/mol. The Morgan fingerprint density at radius 3 is 1.65 bits per heavy atom. The van der Waals surface area contributed by atoms with Crippen LogP contribution in [-0.2, 0) is 0 Å². The number of rotatable bonds is 4. The zero-order chi connectivity index (χ0) is 18.7. The predicted molar refractivity (Wildman–Crippen MR) is 112 cm³/mol. The molecular formula is C18H10Cl5N3. The lowest BCUT2D eigenvalue weighted by molar-refractivity contribution is 1.23. The van der Waals surface area contributed by atoms with Gasteiger partial charge in [-0.1, -0.05) is 58.0 Å². The van der Waals surface area contributed by atoms with Gasteiger partial charge in [-0.05, 0) is 54.6 Å². The standard InChI is InChI=1S/C18H10Cl5N3/c19-13-4-1-10(7-15(13)21)24-18-6-3-12(9-17(18)23)26-25-11-2-5-14(20)16(22)8-11/h1-9,24H. The highest BCUT2D eigenvalue weighted by Crippen LogP contribution is 2.33. The average Bonchev–Trinajstić information content (AvgIpc) is 2.61. The van der Waals surface area contributed by atoms with E-state index in [0.29, 0.717) is 42.2 Å². The van der Waals surface area contributed by atoms with Crippen molar-refractivity contribution in [3.8, 4) is 0 Å². The number of anilines is 2. The summed E-state index contributed by atoms with van der Waals surface area (Å²) in [6, 6.07) is 15.5. The van der Waals surface area contributed by atoms with Gasteiger partial charge in [0.2, 0.25) is 0 Å². The second-order valence-electron chi connectivity index (χ2n) is 5.22. The summed E-state index contributed by atoms with van der Waals surface area (Å²) in [5.41, 5.74) is 2.67. The van der Waals surface area contributed by atoms with Crippen LogP contribution in [0.5, 0.6) is 0 Å². The highest BCUT2D eigenvalue weighted by Gasteiger charge is 2.05. The van der Waals surface area contributed by atoms with Gasteiger partial charge in [-0.25, -0.2) is 0 Å². The van der Waals surface area contributed by atoms with Crippen molar-refractivity contribution >= 4 is 80.8 Å². The number of nitrogens with zero attached hydrogens (tertiary/aromatic N) is 2. The fourth-order valence-electron chi connectivity index (χ4n) is 2.06. The van der Waals surface area contributed by atoms with E-state index in [1.807, 2.05) is 6.07 Å². The van der Waals surface area contributed by atoms with Gasteiger partial charge in [0.1, 0.15) is 0 Å². The van der Waals surface area contributed by atoms with E-state index in [2.05, 4.69) is 15.5 Å². The largest absolute Gasteiger partial charge is 0.354 e. The maximum absolute atomic E-state index is 6.32. The number of hydrogen-bond acceptors (Lipinski definition) is 3. The van der Waals surface area contributed by atoms with E-state index in [1.165, 1.54) is 0 Å². The van der Waals surface area contributed by atoms with Gasteiger partial charge in [0.15, 0.2) is 0 Å². The molecule has 0 heterocycles. The Bertz CT molecular complexity index is 989. The number of halogens is 5. The summed E-state index contributed by atoms with van der Waals surface area (Å²) >= 11 is 30.1. The van der Waals surface area contributed by atoms with Crippen molar-refractivity contribution in [2.75, 3.05) is 5.32 Å². The van der Waals surface area contributed by atoms with Crippen LogP contribution in [0.1, 0.15) is 0 Å². The van der Waals surface area contributed by atoms with Crippen LogP contribution in [0, 0.1) is 0 Å². The normalized spacial score (nSPS) is 11.1. The zero-order valence-electron chi connectivity index (χ0n) is 13.0. The third-order valence-corrected chi connectivity index (χ3v) is 5.13. The third-order valence-electron chi connectivity index (χ3n) is 3.34. The maximum atomic E-state index is 6.32. The maximum Gasteiger partial charge on any atom is 0.0873 e. The van der Waals surface area contributed by atoms with Gasteiger partial charge in [-0.3, -0.25) is 0 Å². The quantitative estimate of drug-likeness (QED) is 0.399. The van der Waals surface area contributed by atoms with Crippen molar-refractivity contribution in [2.24, 2.45) is 10.2 Å². The van der Waals surface area contributed by atoms with E-state index < -0.39 is 0 Å². The summed E-state index contributed by atoms with van der Waals surface area (Å²) in [7, 11) is 0. The van der Waals surface area contributed by atoms with E-state index in [0.717, 1.165) is 5.69 Å². The fraction of sp³-hybridized carbons (Fsp3) is 0. The first-order chi connectivity index (χ1) is 12.4. The molecule has 0 bridgehead atoms. The Balaban J connectivity index is 1.77. The molecule has 3 aromatic rings. The van der Waals surface area contributed by atoms with Crippen LogP contribution in [0.25, 0.3) is 0 Å². The van der Waals surface area contributed by atoms with Crippen molar-refractivity contribution in [1.82, 2.24) is 0 Å². The molecule has 0 aliphatic rings. The first-order valence-electron chi connectivity index (χ1n) is 7.31. The Kier molecular flexibility index (Phi) is 6.28. The molecule has 0 radical (unpaired) electrons. The molecule has 3 nitrogen and oxygen atoms in total. The highest BCUT2D eigenvalue weighted by molar-refractivity contribution is 6.42. The average molecular weight is 446 g/mol. The van der Waals surface area contributed by atoms with Crippen molar-refractivity contribution in [2.45, 2.75) is 0 Å². The SMILES string of the molecule is Clc1ccc(N=Nc2ccc(Nc3ccc(Cl)c(Cl)c3)c(Cl)c2)cc1Cl. The molecule has 0 saturated heterocycles. The second kappa shape index (κ2) is 8.47. The minimum Gasteiger partial charge on any atom is -0.354 e. The molecule has 0 atom stereocenters. The summed E-state index contributed by atoms with van der Waals surface area (Å²) in [6.07, 6.45) is 0.